The highest BCUT2D eigenvalue weighted by molar-refractivity contribution is 9.10. The molecule has 0 aliphatic heterocycles. The standard InChI is InChI=1S/C18H19BrO5S/c1-2-23-18(20)17(14-8-10-15(19)11-9-14)12-13-25(21,22)24-16-6-4-3-5-7-16/h3-11,17H,2,12-13H2,1H3. The Kier molecular flexibility index (Phi) is 7.01. The van der Waals surface area contributed by atoms with Crippen LogP contribution in [0.3, 0.4) is 0 Å². The van der Waals surface area contributed by atoms with Gasteiger partial charge in [-0.15, -0.1) is 0 Å². The maximum atomic E-state index is 12.2. The van der Waals surface area contributed by atoms with Crippen molar-refractivity contribution in [2.45, 2.75) is 19.3 Å². The number of carbonyl (C=O) groups is 1. The van der Waals surface area contributed by atoms with E-state index >= 15 is 0 Å². The van der Waals surface area contributed by atoms with Gasteiger partial charge in [0.15, 0.2) is 0 Å². The van der Waals surface area contributed by atoms with E-state index in [9.17, 15) is 13.2 Å². The second kappa shape index (κ2) is 9.01. The number of benzene rings is 2. The molecule has 2 aromatic rings. The summed E-state index contributed by atoms with van der Waals surface area (Å²) in [4.78, 5) is 12.2. The monoisotopic (exact) mass is 426 g/mol. The van der Waals surface area contributed by atoms with E-state index in [1.807, 2.05) is 0 Å². The van der Waals surface area contributed by atoms with Crippen LogP contribution in [0.2, 0.25) is 0 Å². The van der Waals surface area contributed by atoms with E-state index in [-0.39, 0.29) is 24.5 Å². The van der Waals surface area contributed by atoms with Gasteiger partial charge in [-0.2, -0.15) is 8.42 Å². The minimum Gasteiger partial charge on any atom is -0.466 e. The number of halogens is 1. The first kappa shape index (κ1) is 19.5. The molecule has 0 spiro atoms. The van der Waals surface area contributed by atoms with Crippen molar-refractivity contribution in [3.8, 4) is 5.75 Å². The molecule has 0 aromatic heterocycles. The summed E-state index contributed by atoms with van der Waals surface area (Å²) in [5.74, 6) is -1.15. The number of hydrogen-bond donors (Lipinski definition) is 0. The Morgan fingerprint density at radius 1 is 1.08 bits per heavy atom. The van der Waals surface area contributed by atoms with Gasteiger partial charge in [0.1, 0.15) is 5.75 Å². The molecular weight excluding hydrogens is 408 g/mol. The van der Waals surface area contributed by atoms with Crippen molar-refractivity contribution in [2.24, 2.45) is 0 Å². The summed E-state index contributed by atoms with van der Waals surface area (Å²) in [6, 6.07) is 15.4. The molecule has 0 N–H and O–H groups in total. The number of rotatable bonds is 8. The molecule has 0 heterocycles. The maximum absolute atomic E-state index is 12.2. The summed E-state index contributed by atoms with van der Waals surface area (Å²) >= 11 is 3.34. The van der Waals surface area contributed by atoms with Crippen molar-refractivity contribution in [3.05, 3.63) is 64.6 Å². The fraction of sp³-hybridized carbons (Fsp3) is 0.278. The van der Waals surface area contributed by atoms with Gasteiger partial charge in [0.05, 0.1) is 18.3 Å². The van der Waals surface area contributed by atoms with Gasteiger partial charge in [0, 0.05) is 4.47 Å². The number of esters is 1. The number of ether oxygens (including phenoxy) is 1. The van der Waals surface area contributed by atoms with E-state index < -0.39 is 22.0 Å². The average molecular weight is 427 g/mol. The summed E-state index contributed by atoms with van der Waals surface area (Å²) in [6.45, 7) is 1.95. The zero-order valence-electron chi connectivity index (χ0n) is 13.7. The lowest BCUT2D eigenvalue weighted by molar-refractivity contribution is -0.145. The maximum Gasteiger partial charge on any atom is 0.313 e. The summed E-state index contributed by atoms with van der Waals surface area (Å²) in [5, 5.41) is 0. The van der Waals surface area contributed by atoms with E-state index in [0.29, 0.717) is 5.56 Å². The smallest absolute Gasteiger partial charge is 0.313 e. The van der Waals surface area contributed by atoms with Crippen LogP contribution in [0.15, 0.2) is 59.1 Å². The Hall–Kier alpha value is -1.86. The SMILES string of the molecule is CCOC(=O)C(CCS(=O)(=O)Oc1ccccc1)c1ccc(Br)cc1. The lowest BCUT2D eigenvalue weighted by Crippen LogP contribution is -2.21. The number of carbonyl (C=O) groups excluding carboxylic acids is 1. The third-order valence-electron chi connectivity index (χ3n) is 3.47. The van der Waals surface area contributed by atoms with Gasteiger partial charge in [-0.05, 0) is 43.2 Å². The Morgan fingerprint density at radius 3 is 2.32 bits per heavy atom. The third-order valence-corrected chi connectivity index (χ3v) is 5.18. The second-order valence-electron chi connectivity index (χ2n) is 5.30. The molecule has 0 amide bonds. The highest BCUT2D eigenvalue weighted by Gasteiger charge is 2.25. The first-order valence-electron chi connectivity index (χ1n) is 7.80. The average Bonchev–Trinajstić information content (AvgIpc) is 2.57. The quantitative estimate of drug-likeness (QED) is 0.472. The Bertz CT molecular complexity index is 788. The van der Waals surface area contributed by atoms with Crippen LogP contribution in [0.4, 0.5) is 0 Å². The molecule has 134 valence electrons. The number of hydrogen-bond acceptors (Lipinski definition) is 5. The predicted octanol–water partition coefficient (Wildman–Crippen LogP) is 3.89. The van der Waals surface area contributed by atoms with Crippen molar-refractivity contribution in [1.82, 2.24) is 0 Å². The number of para-hydroxylation sites is 1. The van der Waals surface area contributed by atoms with Crippen LogP contribution in [-0.2, 0) is 19.6 Å². The van der Waals surface area contributed by atoms with Crippen molar-refractivity contribution in [1.29, 1.82) is 0 Å². The zero-order valence-corrected chi connectivity index (χ0v) is 16.1. The second-order valence-corrected chi connectivity index (χ2v) is 7.91. The Balaban J connectivity index is 2.11. The third kappa shape index (κ3) is 6.17. The molecule has 1 unspecified atom stereocenters. The van der Waals surface area contributed by atoms with Gasteiger partial charge >= 0.3 is 16.1 Å². The van der Waals surface area contributed by atoms with E-state index in [1.54, 1.807) is 61.5 Å². The van der Waals surface area contributed by atoms with Gasteiger partial charge in [-0.1, -0.05) is 46.3 Å². The van der Waals surface area contributed by atoms with E-state index in [4.69, 9.17) is 8.92 Å². The summed E-state index contributed by atoms with van der Waals surface area (Å²) in [7, 11) is -3.81. The summed E-state index contributed by atoms with van der Waals surface area (Å²) in [6.07, 6.45) is 0.0790. The van der Waals surface area contributed by atoms with Crippen LogP contribution < -0.4 is 4.18 Å². The lowest BCUT2D eigenvalue weighted by atomic mass is 9.97. The largest absolute Gasteiger partial charge is 0.466 e. The molecule has 0 saturated carbocycles. The molecule has 7 heteroatoms. The molecule has 5 nitrogen and oxygen atoms in total. The normalized spacial score (nSPS) is 12.4. The van der Waals surface area contributed by atoms with Crippen LogP contribution in [-0.4, -0.2) is 26.7 Å². The molecule has 0 aliphatic rings. The van der Waals surface area contributed by atoms with Gasteiger partial charge in [0.25, 0.3) is 0 Å². The van der Waals surface area contributed by atoms with Crippen molar-refractivity contribution < 1.29 is 22.1 Å². The van der Waals surface area contributed by atoms with Gasteiger partial charge in [-0.3, -0.25) is 4.79 Å². The van der Waals surface area contributed by atoms with Crippen LogP contribution in [0, 0.1) is 0 Å². The molecule has 2 rings (SSSR count). The van der Waals surface area contributed by atoms with Gasteiger partial charge in [-0.25, -0.2) is 0 Å². The lowest BCUT2D eigenvalue weighted by Gasteiger charge is -2.16. The minimum atomic E-state index is -3.81. The van der Waals surface area contributed by atoms with E-state index in [0.717, 1.165) is 4.47 Å². The summed E-state index contributed by atoms with van der Waals surface area (Å²) < 4.78 is 35.4. The zero-order chi connectivity index (χ0) is 18.3. The molecule has 0 saturated heterocycles. The van der Waals surface area contributed by atoms with E-state index in [1.165, 1.54) is 0 Å². The van der Waals surface area contributed by atoms with Crippen LogP contribution >= 0.6 is 15.9 Å². The molecule has 0 bridgehead atoms. The Labute approximate surface area is 156 Å². The van der Waals surface area contributed by atoms with Crippen molar-refractivity contribution in [2.75, 3.05) is 12.4 Å². The first-order valence-corrected chi connectivity index (χ1v) is 10.2. The highest BCUT2D eigenvalue weighted by Crippen LogP contribution is 2.25. The molecule has 1 atom stereocenters. The summed E-state index contributed by atoms with van der Waals surface area (Å²) in [5.41, 5.74) is 0.705. The van der Waals surface area contributed by atoms with Crippen molar-refractivity contribution in [3.63, 3.8) is 0 Å². The Morgan fingerprint density at radius 2 is 1.72 bits per heavy atom. The first-order chi connectivity index (χ1) is 11.9. The topological polar surface area (TPSA) is 69.7 Å². The minimum absolute atomic E-state index is 0.0790. The van der Waals surface area contributed by atoms with Crippen molar-refractivity contribution >= 4 is 32.0 Å². The van der Waals surface area contributed by atoms with Crippen LogP contribution in [0.5, 0.6) is 5.75 Å². The highest BCUT2D eigenvalue weighted by atomic mass is 79.9. The molecule has 2 aromatic carbocycles. The van der Waals surface area contributed by atoms with Gasteiger partial charge in [0.2, 0.25) is 0 Å². The van der Waals surface area contributed by atoms with Gasteiger partial charge < -0.3 is 8.92 Å². The molecular formula is C18H19BrO5S. The fourth-order valence-corrected chi connectivity index (χ4v) is 3.56. The molecule has 0 aliphatic carbocycles. The van der Waals surface area contributed by atoms with E-state index in [2.05, 4.69) is 15.9 Å². The molecule has 0 radical (unpaired) electrons. The van der Waals surface area contributed by atoms with Crippen LogP contribution in [0.1, 0.15) is 24.8 Å². The molecule has 0 fully saturated rings. The molecule has 25 heavy (non-hydrogen) atoms. The fourth-order valence-electron chi connectivity index (χ4n) is 2.29. The van der Waals surface area contributed by atoms with Crippen LogP contribution in [0.25, 0.3) is 0 Å². The predicted molar refractivity (Wildman–Crippen MR) is 99.0 cm³/mol.